The van der Waals surface area contributed by atoms with Crippen LogP contribution >= 0.6 is 0 Å². The topological polar surface area (TPSA) is 52.3 Å². The predicted molar refractivity (Wildman–Crippen MR) is 90.7 cm³/mol. The lowest BCUT2D eigenvalue weighted by atomic mass is 9.83. The van der Waals surface area contributed by atoms with Crippen molar-refractivity contribution in [2.24, 2.45) is 11.7 Å². The zero-order chi connectivity index (χ0) is 16.2. The number of carbonyl (C=O) groups excluding carboxylic acids is 1. The molecule has 2 aromatic carbocycles. The highest BCUT2D eigenvalue weighted by molar-refractivity contribution is 5.84. The van der Waals surface area contributed by atoms with E-state index in [2.05, 4.69) is 38.1 Å². The highest BCUT2D eigenvalue weighted by Gasteiger charge is 2.36. The second kappa shape index (κ2) is 6.93. The van der Waals surface area contributed by atoms with Crippen LogP contribution in [-0.4, -0.2) is 18.1 Å². The number of carbonyl (C=O) groups is 1. The van der Waals surface area contributed by atoms with Gasteiger partial charge in [0.1, 0.15) is 5.54 Å². The Labute approximate surface area is 132 Å². The lowest BCUT2D eigenvalue weighted by Gasteiger charge is -2.29. The molecular weight excluding hydrogens is 274 g/mol. The van der Waals surface area contributed by atoms with Gasteiger partial charge in [-0.15, -0.1) is 0 Å². The van der Waals surface area contributed by atoms with Crippen LogP contribution in [0.4, 0.5) is 0 Å². The van der Waals surface area contributed by atoms with Gasteiger partial charge in [-0.3, -0.25) is 4.79 Å². The average molecular weight is 299 g/mol. The molecule has 0 aliphatic rings. The van der Waals surface area contributed by atoms with E-state index >= 15 is 0 Å². The van der Waals surface area contributed by atoms with Crippen LogP contribution < -0.4 is 5.73 Å². The van der Waals surface area contributed by atoms with Crippen LogP contribution in [0.3, 0.4) is 0 Å². The first-order valence-electron chi connectivity index (χ1n) is 7.88. The second-order valence-corrected chi connectivity index (χ2v) is 6.33. The molecule has 0 aliphatic carbocycles. The summed E-state index contributed by atoms with van der Waals surface area (Å²) in [6, 6.07) is 14.4. The lowest BCUT2D eigenvalue weighted by Crippen LogP contribution is -2.52. The van der Waals surface area contributed by atoms with E-state index in [4.69, 9.17) is 10.5 Å². The number of nitrogens with two attached hydrogens (primary N) is 1. The molecule has 3 heteroatoms. The van der Waals surface area contributed by atoms with Crippen molar-refractivity contribution < 1.29 is 9.53 Å². The first-order valence-corrected chi connectivity index (χ1v) is 7.88. The molecule has 0 fully saturated rings. The summed E-state index contributed by atoms with van der Waals surface area (Å²) in [6.07, 6.45) is 1.10. The van der Waals surface area contributed by atoms with Crippen molar-refractivity contribution in [3.8, 4) is 0 Å². The summed E-state index contributed by atoms with van der Waals surface area (Å²) < 4.78 is 5.20. The van der Waals surface area contributed by atoms with E-state index < -0.39 is 5.54 Å². The molecule has 0 saturated carbocycles. The van der Waals surface area contributed by atoms with E-state index in [9.17, 15) is 4.79 Å². The van der Waals surface area contributed by atoms with Crippen LogP contribution in [0.5, 0.6) is 0 Å². The molecule has 1 atom stereocenters. The van der Waals surface area contributed by atoms with Gasteiger partial charge in [0.15, 0.2) is 0 Å². The summed E-state index contributed by atoms with van der Waals surface area (Å²) in [6.45, 7) is 6.31. The highest BCUT2D eigenvalue weighted by Crippen LogP contribution is 2.24. The molecular formula is C19H25NO2. The van der Waals surface area contributed by atoms with E-state index in [1.807, 2.05) is 25.1 Å². The average Bonchev–Trinajstić information content (AvgIpc) is 2.46. The molecule has 2 N–H and O–H groups in total. The Kier molecular flexibility index (Phi) is 5.19. The maximum Gasteiger partial charge on any atom is 0.326 e. The molecule has 22 heavy (non-hydrogen) atoms. The molecule has 0 radical (unpaired) electrons. The van der Waals surface area contributed by atoms with Crippen LogP contribution in [0.15, 0.2) is 42.5 Å². The first kappa shape index (κ1) is 16.5. The number of ether oxygens (including phenoxy) is 1. The molecule has 118 valence electrons. The minimum Gasteiger partial charge on any atom is -0.465 e. The third-order valence-corrected chi connectivity index (χ3v) is 3.79. The summed E-state index contributed by atoms with van der Waals surface area (Å²) in [5.41, 5.74) is 6.53. The van der Waals surface area contributed by atoms with Gasteiger partial charge in [0, 0.05) is 6.42 Å². The van der Waals surface area contributed by atoms with Crippen molar-refractivity contribution >= 4 is 16.7 Å². The van der Waals surface area contributed by atoms with Gasteiger partial charge < -0.3 is 10.5 Å². The summed E-state index contributed by atoms with van der Waals surface area (Å²) in [5, 5.41) is 2.35. The minimum atomic E-state index is -0.966. The largest absolute Gasteiger partial charge is 0.465 e. The lowest BCUT2D eigenvalue weighted by molar-refractivity contribution is -0.150. The van der Waals surface area contributed by atoms with E-state index in [1.165, 1.54) is 5.39 Å². The molecule has 0 amide bonds. The van der Waals surface area contributed by atoms with Crippen LogP contribution in [0.1, 0.15) is 32.8 Å². The van der Waals surface area contributed by atoms with Crippen molar-refractivity contribution in [3.05, 3.63) is 48.0 Å². The zero-order valence-electron chi connectivity index (χ0n) is 13.6. The molecule has 0 heterocycles. The first-order chi connectivity index (χ1) is 10.4. The summed E-state index contributed by atoms with van der Waals surface area (Å²) in [4.78, 5) is 12.3. The van der Waals surface area contributed by atoms with Gasteiger partial charge in [-0.2, -0.15) is 0 Å². The van der Waals surface area contributed by atoms with Gasteiger partial charge >= 0.3 is 5.97 Å². The second-order valence-electron chi connectivity index (χ2n) is 6.33. The third kappa shape index (κ3) is 3.86. The molecule has 2 aromatic rings. The van der Waals surface area contributed by atoms with E-state index in [-0.39, 0.29) is 5.97 Å². The van der Waals surface area contributed by atoms with Gasteiger partial charge in [0.05, 0.1) is 6.61 Å². The van der Waals surface area contributed by atoms with Gasteiger partial charge in [0.2, 0.25) is 0 Å². The van der Waals surface area contributed by atoms with Crippen LogP contribution in [0, 0.1) is 5.92 Å². The fourth-order valence-electron chi connectivity index (χ4n) is 2.94. The Balaban J connectivity index is 2.29. The van der Waals surface area contributed by atoms with Crippen LogP contribution in [0.2, 0.25) is 0 Å². The molecule has 0 unspecified atom stereocenters. The summed E-state index contributed by atoms with van der Waals surface area (Å²) in [7, 11) is 0. The monoisotopic (exact) mass is 299 g/mol. The van der Waals surface area contributed by atoms with Gasteiger partial charge in [-0.05, 0) is 35.6 Å². The fraction of sp³-hybridized carbons (Fsp3) is 0.421. The highest BCUT2D eigenvalue weighted by atomic mass is 16.5. The molecule has 0 spiro atoms. The van der Waals surface area contributed by atoms with Crippen molar-refractivity contribution in [1.82, 2.24) is 0 Å². The summed E-state index contributed by atoms with van der Waals surface area (Å²) in [5.74, 6) is 0.0201. The van der Waals surface area contributed by atoms with E-state index in [0.29, 0.717) is 25.4 Å². The molecule has 2 rings (SSSR count). The minimum absolute atomic E-state index is 0.308. The Morgan fingerprint density at radius 2 is 1.86 bits per heavy atom. The standard InChI is InChI=1S/C19H25NO2/c1-4-22-18(21)19(20,12-14(2)3)13-15-9-10-16-7-5-6-8-17(16)11-15/h5-11,14H,4,12-13,20H2,1-3H3/t19-/m0/s1. The Hall–Kier alpha value is -1.87. The number of rotatable bonds is 6. The maximum atomic E-state index is 12.3. The number of benzene rings is 2. The van der Waals surface area contributed by atoms with Crippen LogP contribution in [0.25, 0.3) is 10.8 Å². The Bertz CT molecular complexity index is 651. The van der Waals surface area contributed by atoms with Crippen molar-refractivity contribution in [3.63, 3.8) is 0 Å². The molecule has 0 aliphatic heterocycles. The Morgan fingerprint density at radius 1 is 1.18 bits per heavy atom. The third-order valence-electron chi connectivity index (χ3n) is 3.79. The Morgan fingerprint density at radius 3 is 2.50 bits per heavy atom. The normalized spacial score (nSPS) is 14.0. The number of esters is 1. The van der Waals surface area contributed by atoms with Gasteiger partial charge in [-0.25, -0.2) is 0 Å². The predicted octanol–water partition coefficient (Wildman–Crippen LogP) is 3.69. The SMILES string of the molecule is CCOC(=O)[C@@](N)(Cc1ccc2ccccc2c1)CC(C)C. The number of hydrogen-bond donors (Lipinski definition) is 1. The number of hydrogen-bond acceptors (Lipinski definition) is 3. The van der Waals surface area contributed by atoms with Gasteiger partial charge in [-0.1, -0.05) is 56.3 Å². The smallest absolute Gasteiger partial charge is 0.326 e. The van der Waals surface area contributed by atoms with E-state index in [0.717, 1.165) is 10.9 Å². The molecule has 0 saturated heterocycles. The molecule has 0 bridgehead atoms. The summed E-state index contributed by atoms with van der Waals surface area (Å²) >= 11 is 0. The van der Waals surface area contributed by atoms with Crippen LogP contribution in [-0.2, 0) is 16.0 Å². The number of fused-ring (bicyclic) bond motifs is 1. The molecule has 3 nitrogen and oxygen atoms in total. The molecule has 0 aromatic heterocycles. The zero-order valence-corrected chi connectivity index (χ0v) is 13.6. The van der Waals surface area contributed by atoms with Crippen molar-refractivity contribution in [2.75, 3.05) is 6.61 Å². The van der Waals surface area contributed by atoms with Crippen molar-refractivity contribution in [1.29, 1.82) is 0 Å². The van der Waals surface area contributed by atoms with Gasteiger partial charge in [0.25, 0.3) is 0 Å². The van der Waals surface area contributed by atoms with Crippen molar-refractivity contribution in [2.45, 2.75) is 39.2 Å². The quantitative estimate of drug-likeness (QED) is 0.828. The fourth-order valence-corrected chi connectivity index (χ4v) is 2.94. The maximum absolute atomic E-state index is 12.3. The van der Waals surface area contributed by atoms with E-state index in [1.54, 1.807) is 0 Å².